The summed E-state index contributed by atoms with van der Waals surface area (Å²) in [6, 6.07) is 0.185. The van der Waals surface area contributed by atoms with Gasteiger partial charge in [-0.1, -0.05) is 0 Å². The zero-order valence-corrected chi connectivity index (χ0v) is 7.74. The van der Waals surface area contributed by atoms with Crippen molar-refractivity contribution >= 4 is 5.91 Å². The van der Waals surface area contributed by atoms with E-state index in [0.717, 1.165) is 6.42 Å². The van der Waals surface area contributed by atoms with Gasteiger partial charge in [-0.05, 0) is 20.3 Å². The molecule has 2 saturated heterocycles. The predicted octanol–water partition coefficient (Wildman–Crippen LogP) is 0.0248. The van der Waals surface area contributed by atoms with Gasteiger partial charge in [-0.15, -0.1) is 0 Å². The van der Waals surface area contributed by atoms with Gasteiger partial charge in [0, 0.05) is 0 Å². The van der Waals surface area contributed by atoms with E-state index >= 15 is 0 Å². The van der Waals surface area contributed by atoms with Crippen LogP contribution in [0.15, 0.2) is 0 Å². The summed E-state index contributed by atoms with van der Waals surface area (Å²) in [6.07, 6.45) is 0.955. The zero-order valence-electron chi connectivity index (χ0n) is 7.74. The molecular formula is C9H13NO3. The van der Waals surface area contributed by atoms with Crippen LogP contribution in [-0.4, -0.2) is 29.9 Å². The number of carbonyl (C=O) groups is 1. The molecule has 72 valence electrons. The summed E-state index contributed by atoms with van der Waals surface area (Å²) in [7, 11) is 0. The molecule has 3 rings (SSSR count). The number of ether oxygens (including phenoxy) is 2. The molecule has 1 N–H and O–H groups in total. The van der Waals surface area contributed by atoms with Crippen LogP contribution in [0.5, 0.6) is 0 Å². The Hall–Kier alpha value is -0.610. The lowest BCUT2D eigenvalue weighted by atomic mass is 10.0. The summed E-state index contributed by atoms with van der Waals surface area (Å²) in [5, 5.41) is 2.92. The molecule has 13 heavy (non-hydrogen) atoms. The summed E-state index contributed by atoms with van der Waals surface area (Å²) < 4.78 is 11.4. The summed E-state index contributed by atoms with van der Waals surface area (Å²) in [6.45, 7) is 3.80. The van der Waals surface area contributed by atoms with Crippen LogP contribution in [0.2, 0.25) is 0 Å². The van der Waals surface area contributed by atoms with Crippen LogP contribution in [0.1, 0.15) is 20.3 Å². The molecule has 4 nitrogen and oxygen atoms in total. The lowest BCUT2D eigenvalue weighted by Crippen LogP contribution is -2.47. The Bertz CT molecular complexity index is 276. The fraction of sp³-hybridized carbons (Fsp3) is 0.889. The van der Waals surface area contributed by atoms with Crippen molar-refractivity contribution in [1.82, 2.24) is 5.32 Å². The van der Waals surface area contributed by atoms with E-state index in [4.69, 9.17) is 9.47 Å². The molecule has 2 aliphatic heterocycles. The van der Waals surface area contributed by atoms with Gasteiger partial charge in [-0.25, -0.2) is 0 Å². The number of rotatable bonds is 0. The Labute approximate surface area is 76.6 Å². The minimum atomic E-state index is -0.515. The Morgan fingerprint density at radius 1 is 1.38 bits per heavy atom. The van der Waals surface area contributed by atoms with Crippen LogP contribution in [-0.2, 0) is 14.3 Å². The van der Waals surface area contributed by atoms with Crippen molar-refractivity contribution in [2.24, 2.45) is 5.92 Å². The molecule has 4 atom stereocenters. The van der Waals surface area contributed by atoms with E-state index in [0.29, 0.717) is 0 Å². The van der Waals surface area contributed by atoms with Gasteiger partial charge in [-0.2, -0.15) is 0 Å². The minimum absolute atomic E-state index is 0.00579. The quantitative estimate of drug-likeness (QED) is 0.576. The highest BCUT2D eigenvalue weighted by Crippen LogP contribution is 2.44. The van der Waals surface area contributed by atoms with Gasteiger partial charge in [-0.3, -0.25) is 4.79 Å². The number of carbonyl (C=O) groups excluding carboxylic acids is 1. The van der Waals surface area contributed by atoms with Crippen LogP contribution >= 0.6 is 0 Å². The summed E-state index contributed by atoms with van der Waals surface area (Å²) >= 11 is 0. The average molecular weight is 183 g/mol. The van der Waals surface area contributed by atoms with Gasteiger partial charge in [0.1, 0.15) is 12.2 Å². The second-order valence-electron chi connectivity index (χ2n) is 4.52. The topological polar surface area (TPSA) is 47.6 Å². The fourth-order valence-electron chi connectivity index (χ4n) is 2.67. The molecule has 3 fully saturated rings. The number of piperidine rings is 1. The summed E-state index contributed by atoms with van der Waals surface area (Å²) in [5.41, 5.74) is 0. The van der Waals surface area contributed by atoms with Gasteiger partial charge in [0.05, 0.1) is 12.0 Å². The van der Waals surface area contributed by atoms with Crippen molar-refractivity contribution in [1.29, 1.82) is 0 Å². The van der Waals surface area contributed by atoms with E-state index < -0.39 is 5.79 Å². The maximum Gasteiger partial charge on any atom is 0.226 e. The van der Waals surface area contributed by atoms with Crippen molar-refractivity contribution < 1.29 is 14.3 Å². The number of nitrogens with one attached hydrogen (secondary N) is 1. The number of hydrogen-bond donors (Lipinski definition) is 1. The third kappa shape index (κ3) is 0.901. The molecule has 2 heterocycles. The van der Waals surface area contributed by atoms with Gasteiger partial charge < -0.3 is 14.8 Å². The van der Waals surface area contributed by atoms with E-state index in [1.165, 1.54) is 0 Å². The summed E-state index contributed by atoms with van der Waals surface area (Å²) in [5.74, 6) is -0.359. The molecule has 0 aromatic rings. The zero-order chi connectivity index (χ0) is 9.22. The van der Waals surface area contributed by atoms with Crippen LogP contribution in [0.25, 0.3) is 0 Å². The highest BCUT2D eigenvalue weighted by Gasteiger charge is 2.60. The SMILES string of the molecule is CC1(C)O[C@@H]2[C@H](O1)[C@@H]1C[C@H]2NC1=O. The Balaban J connectivity index is 1.91. The Kier molecular flexibility index (Phi) is 1.23. The van der Waals surface area contributed by atoms with E-state index in [1.54, 1.807) is 0 Å². The molecule has 0 aromatic carbocycles. The first-order valence-corrected chi connectivity index (χ1v) is 4.73. The number of amides is 1. The largest absolute Gasteiger partial charge is 0.350 e. The maximum atomic E-state index is 11.3. The van der Waals surface area contributed by atoms with Crippen molar-refractivity contribution in [2.45, 2.75) is 44.3 Å². The molecule has 2 bridgehead atoms. The Morgan fingerprint density at radius 2 is 2.08 bits per heavy atom. The number of fused-ring (bicyclic) bond motifs is 5. The van der Waals surface area contributed by atoms with Crippen LogP contribution < -0.4 is 5.32 Å². The molecule has 0 spiro atoms. The first kappa shape index (κ1) is 7.76. The fourth-order valence-corrected chi connectivity index (χ4v) is 2.67. The first-order chi connectivity index (χ1) is 6.07. The molecule has 1 saturated carbocycles. The van der Waals surface area contributed by atoms with Crippen LogP contribution in [0, 0.1) is 5.92 Å². The third-order valence-electron chi connectivity index (χ3n) is 3.13. The van der Waals surface area contributed by atoms with Crippen molar-refractivity contribution in [3.8, 4) is 0 Å². The highest BCUT2D eigenvalue weighted by atomic mass is 16.8. The smallest absolute Gasteiger partial charge is 0.226 e. The van der Waals surface area contributed by atoms with E-state index in [1.807, 2.05) is 13.8 Å². The van der Waals surface area contributed by atoms with Gasteiger partial charge in [0.2, 0.25) is 5.91 Å². The van der Waals surface area contributed by atoms with E-state index in [9.17, 15) is 4.79 Å². The first-order valence-electron chi connectivity index (χ1n) is 4.73. The molecule has 1 amide bonds. The van der Waals surface area contributed by atoms with Gasteiger partial charge in [0.15, 0.2) is 5.79 Å². The molecule has 3 aliphatic rings. The lowest BCUT2D eigenvalue weighted by molar-refractivity contribution is -0.155. The van der Waals surface area contributed by atoms with Crippen LogP contribution in [0.3, 0.4) is 0 Å². The van der Waals surface area contributed by atoms with Crippen molar-refractivity contribution in [3.63, 3.8) is 0 Å². The Morgan fingerprint density at radius 3 is 2.85 bits per heavy atom. The van der Waals surface area contributed by atoms with E-state index in [2.05, 4.69) is 5.32 Å². The standard InChI is InChI=1S/C9H13NO3/c1-9(2)12-6-4-3-5(7(6)13-9)10-8(4)11/h4-7H,3H2,1-2H3,(H,10,11)/t4-,5+,6+,7-/m0/s1. The summed E-state index contributed by atoms with van der Waals surface area (Å²) in [4.78, 5) is 11.3. The van der Waals surface area contributed by atoms with Gasteiger partial charge in [0.25, 0.3) is 0 Å². The minimum Gasteiger partial charge on any atom is -0.350 e. The number of hydrogen-bond acceptors (Lipinski definition) is 3. The second-order valence-corrected chi connectivity index (χ2v) is 4.52. The molecule has 0 radical (unpaired) electrons. The monoisotopic (exact) mass is 183 g/mol. The van der Waals surface area contributed by atoms with Gasteiger partial charge >= 0.3 is 0 Å². The maximum absolute atomic E-state index is 11.3. The third-order valence-corrected chi connectivity index (χ3v) is 3.13. The predicted molar refractivity (Wildman–Crippen MR) is 43.9 cm³/mol. The molecule has 0 aromatic heterocycles. The molecule has 0 unspecified atom stereocenters. The van der Waals surface area contributed by atoms with E-state index in [-0.39, 0.29) is 30.1 Å². The van der Waals surface area contributed by atoms with Crippen LogP contribution in [0.4, 0.5) is 0 Å². The average Bonchev–Trinajstić information content (AvgIpc) is 2.56. The molecule has 1 aliphatic carbocycles. The lowest BCUT2D eigenvalue weighted by Gasteiger charge is -2.21. The van der Waals surface area contributed by atoms with Crippen molar-refractivity contribution in [3.05, 3.63) is 0 Å². The highest BCUT2D eigenvalue weighted by molar-refractivity contribution is 5.83. The second kappa shape index (κ2) is 2.07. The molecular weight excluding hydrogens is 170 g/mol. The normalized spacial score (nSPS) is 50.8. The van der Waals surface area contributed by atoms with Crippen molar-refractivity contribution in [2.75, 3.05) is 0 Å². The molecule has 4 heteroatoms.